The molecule has 1 aromatic heterocycles. The standard InChI is InChI=1S/C15H26N4/c1-13-9-18(3)15(8-16-2)12-19(10-13)11-14-5-4-6-17-7-14/h4-7,13,15-16H,8-12H2,1-3H3. The zero-order valence-corrected chi connectivity index (χ0v) is 12.3. The molecular weight excluding hydrogens is 236 g/mol. The molecule has 2 rings (SSSR count). The molecular formula is C15H26N4. The van der Waals surface area contributed by atoms with Gasteiger partial charge >= 0.3 is 0 Å². The van der Waals surface area contributed by atoms with Crippen LogP contribution in [0.25, 0.3) is 0 Å². The summed E-state index contributed by atoms with van der Waals surface area (Å²) in [7, 11) is 4.28. The molecule has 1 aromatic rings. The van der Waals surface area contributed by atoms with E-state index in [0.29, 0.717) is 12.0 Å². The minimum atomic E-state index is 0.589. The monoisotopic (exact) mass is 262 g/mol. The average Bonchev–Trinajstić information content (AvgIpc) is 2.50. The van der Waals surface area contributed by atoms with Crippen molar-refractivity contribution >= 4 is 0 Å². The van der Waals surface area contributed by atoms with Gasteiger partial charge in [-0.25, -0.2) is 0 Å². The van der Waals surface area contributed by atoms with Crippen LogP contribution in [-0.2, 0) is 6.54 Å². The predicted molar refractivity (Wildman–Crippen MR) is 79.0 cm³/mol. The third-order valence-corrected chi connectivity index (χ3v) is 3.83. The van der Waals surface area contributed by atoms with Gasteiger partial charge in [0.1, 0.15) is 0 Å². The normalized spacial score (nSPS) is 26.3. The Bertz CT molecular complexity index is 368. The number of aromatic nitrogens is 1. The Morgan fingerprint density at radius 2 is 2.21 bits per heavy atom. The maximum Gasteiger partial charge on any atom is 0.0344 e. The Morgan fingerprint density at radius 1 is 1.37 bits per heavy atom. The quantitative estimate of drug-likeness (QED) is 0.879. The Labute approximate surface area is 116 Å². The van der Waals surface area contributed by atoms with Crippen LogP contribution < -0.4 is 5.32 Å². The molecule has 1 fully saturated rings. The fraction of sp³-hybridized carbons (Fsp3) is 0.667. The van der Waals surface area contributed by atoms with E-state index >= 15 is 0 Å². The van der Waals surface area contributed by atoms with Crippen molar-refractivity contribution in [1.29, 1.82) is 0 Å². The molecule has 0 aromatic carbocycles. The Balaban J connectivity index is 2.02. The second kappa shape index (κ2) is 6.98. The lowest BCUT2D eigenvalue weighted by atomic mass is 10.1. The van der Waals surface area contributed by atoms with Crippen LogP contribution in [0.15, 0.2) is 24.5 Å². The van der Waals surface area contributed by atoms with Crippen LogP contribution in [0.3, 0.4) is 0 Å². The Kier molecular flexibility index (Phi) is 5.31. The van der Waals surface area contributed by atoms with Crippen LogP contribution in [0.1, 0.15) is 12.5 Å². The van der Waals surface area contributed by atoms with E-state index < -0.39 is 0 Å². The topological polar surface area (TPSA) is 31.4 Å². The number of nitrogens with one attached hydrogen (secondary N) is 1. The molecule has 1 aliphatic rings. The van der Waals surface area contributed by atoms with Gasteiger partial charge < -0.3 is 10.2 Å². The van der Waals surface area contributed by atoms with Gasteiger partial charge in [0, 0.05) is 51.2 Å². The first-order chi connectivity index (χ1) is 9.19. The highest BCUT2D eigenvalue weighted by atomic mass is 15.2. The van der Waals surface area contributed by atoms with Crippen molar-refractivity contribution in [3.63, 3.8) is 0 Å². The van der Waals surface area contributed by atoms with Gasteiger partial charge in [-0.05, 0) is 31.6 Å². The molecule has 1 aliphatic heterocycles. The van der Waals surface area contributed by atoms with Gasteiger partial charge in [0.2, 0.25) is 0 Å². The predicted octanol–water partition coefficient (Wildman–Crippen LogP) is 1.05. The molecule has 2 heterocycles. The van der Waals surface area contributed by atoms with E-state index in [-0.39, 0.29) is 0 Å². The van der Waals surface area contributed by atoms with Gasteiger partial charge in [-0.1, -0.05) is 13.0 Å². The van der Waals surface area contributed by atoms with Crippen molar-refractivity contribution in [3.05, 3.63) is 30.1 Å². The van der Waals surface area contributed by atoms with Gasteiger partial charge in [0.15, 0.2) is 0 Å². The van der Waals surface area contributed by atoms with E-state index in [4.69, 9.17) is 0 Å². The number of rotatable bonds is 4. The summed E-state index contributed by atoms with van der Waals surface area (Å²) in [5.41, 5.74) is 1.31. The van der Waals surface area contributed by atoms with Crippen molar-refractivity contribution in [2.75, 3.05) is 40.3 Å². The van der Waals surface area contributed by atoms with Crippen molar-refractivity contribution in [2.45, 2.75) is 19.5 Å². The van der Waals surface area contributed by atoms with Crippen LogP contribution in [0.2, 0.25) is 0 Å². The molecule has 1 N–H and O–H groups in total. The van der Waals surface area contributed by atoms with E-state index in [1.54, 1.807) is 0 Å². The summed E-state index contributed by atoms with van der Waals surface area (Å²) in [6.45, 7) is 7.86. The first-order valence-corrected chi connectivity index (χ1v) is 7.15. The molecule has 4 heteroatoms. The Hall–Kier alpha value is -0.970. The van der Waals surface area contributed by atoms with Gasteiger partial charge in [-0.15, -0.1) is 0 Å². The second-order valence-electron chi connectivity index (χ2n) is 5.81. The molecule has 0 aliphatic carbocycles. The molecule has 0 spiro atoms. The third-order valence-electron chi connectivity index (χ3n) is 3.83. The van der Waals surface area contributed by atoms with Crippen LogP contribution in [0.5, 0.6) is 0 Å². The molecule has 1 saturated heterocycles. The molecule has 0 bridgehead atoms. The highest BCUT2D eigenvalue weighted by molar-refractivity contribution is 5.08. The van der Waals surface area contributed by atoms with E-state index in [0.717, 1.165) is 19.6 Å². The number of pyridine rings is 1. The fourth-order valence-corrected chi connectivity index (χ4v) is 2.99. The van der Waals surface area contributed by atoms with E-state index in [1.807, 2.05) is 25.5 Å². The lowest BCUT2D eigenvalue weighted by Gasteiger charge is -2.28. The maximum atomic E-state index is 4.21. The highest BCUT2D eigenvalue weighted by Gasteiger charge is 2.25. The third kappa shape index (κ3) is 4.27. The molecule has 106 valence electrons. The summed E-state index contributed by atoms with van der Waals surface area (Å²) < 4.78 is 0. The first-order valence-electron chi connectivity index (χ1n) is 7.15. The largest absolute Gasteiger partial charge is 0.318 e. The van der Waals surface area contributed by atoms with Crippen LogP contribution >= 0.6 is 0 Å². The average molecular weight is 262 g/mol. The van der Waals surface area contributed by atoms with Gasteiger partial charge in [-0.2, -0.15) is 0 Å². The zero-order valence-electron chi connectivity index (χ0n) is 12.3. The maximum absolute atomic E-state index is 4.21. The van der Waals surface area contributed by atoms with E-state index in [1.165, 1.54) is 18.7 Å². The van der Waals surface area contributed by atoms with Crippen molar-refractivity contribution in [1.82, 2.24) is 20.1 Å². The lowest BCUT2D eigenvalue weighted by molar-refractivity contribution is 0.201. The van der Waals surface area contributed by atoms with Crippen LogP contribution in [0, 0.1) is 5.92 Å². The molecule has 2 unspecified atom stereocenters. The zero-order chi connectivity index (χ0) is 13.7. The molecule has 4 nitrogen and oxygen atoms in total. The number of nitrogens with zero attached hydrogens (tertiary/aromatic N) is 3. The molecule has 0 radical (unpaired) electrons. The summed E-state index contributed by atoms with van der Waals surface area (Å²) >= 11 is 0. The highest BCUT2D eigenvalue weighted by Crippen LogP contribution is 2.15. The lowest BCUT2D eigenvalue weighted by Crippen LogP contribution is -2.44. The SMILES string of the molecule is CNCC1CN(Cc2cccnc2)CC(C)CN1C. The summed E-state index contributed by atoms with van der Waals surface area (Å²) in [5.74, 6) is 0.712. The Morgan fingerprint density at radius 3 is 2.89 bits per heavy atom. The van der Waals surface area contributed by atoms with Gasteiger partial charge in [0.25, 0.3) is 0 Å². The van der Waals surface area contributed by atoms with Crippen molar-refractivity contribution in [3.8, 4) is 0 Å². The molecule has 0 saturated carbocycles. The van der Waals surface area contributed by atoms with Gasteiger partial charge in [-0.3, -0.25) is 9.88 Å². The summed E-state index contributed by atoms with van der Waals surface area (Å²) in [6, 6.07) is 4.78. The summed E-state index contributed by atoms with van der Waals surface area (Å²) in [4.78, 5) is 9.27. The first kappa shape index (κ1) is 14.4. The fourth-order valence-electron chi connectivity index (χ4n) is 2.99. The second-order valence-corrected chi connectivity index (χ2v) is 5.81. The number of hydrogen-bond acceptors (Lipinski definition) is 4. The van der Waals surface area contributed by atoms with E-state index in [9.17, 15) is 0 Å². The van der Waals surface area contributed by atoms with Crippen molar-refractivity contribution < 1.29 is 0 Å². The van der Waals surface area contributed by atoms with Crippen molar-refractivity contribution in [2.24, 2.45) is 5.92 Å². The summed E-state index contributed by atoms with van der Waals surface area (Å²) in [5, 5.41) is 3.31. The molecule has 0 amide bonds. The van der Waals surface area contributed by atoms with Crippen LogP contribution in [0.4, 0.5) is 0 Å². The van der Waals surface area contributed by atoms with Crippen LogP contribution in [-0.4, -0.2) is 61.1 Å². The summed E-state index contributed by atoms with van der Waals surface area (Å²) in [6.07, 6.45) is 3.82. The van der Waals surface area contributed by atoms with E-state index in [2.05, 4.69) is 40.1 Å². The number of hydrogen-bond donors (Lipinski definition) is 1. The smallest absolute Gasteiger partial charge is 0.0344 e. The molecule has 19 heavy (non-hydrogen) atoms. The molecule has 2 atom stereocenters. The number of likely N-dealkylation sites (N-methyl/N-ethyl adjacent to an activating group) is 2. The minimum absolute atomic E-state index is 0.589. The minimum Gasteiger partial charge on any atom is -0.318 e. The van der Waals surface area contributed by atoms with Gasteiger partial charge in [0.05, 0.1) is 0 Å².